The minimum atomic E-state index is -3.87. The molecule has 4 rings (SSSR count). The number of amides is 1. The molecule has 0 atom stereocenters. The first-order valence-corrected chi connectivity index (χ1v) is 13.9. The number of likely N-dealkylation sites (N-methyl/N-ethyl adjacent to an activating group) is 1. The first-order chi connectivity index (χ1) is 17.0. The molecule has 10 heteroatoms. The number of anilines is 2. The predicted molar refractivity (Wildman–Crippen MR) is 155 cm³/mol. The number of carbonyl (C=O) groups excluding carboxylic acids is 1. The van der Waals surface area contributed by atoms with Gasteiger partial charge in [0.1, 0.15) is 0 Å². The largest absolute Gasteiger partial charge is 0.308 e. The number of aromatic nitrogens is 1. The molecule has 1 N–H and O–H groups in total. The monoisotopic (exact) mass is 558 g/mol. The highest BCUT2D eigenvalue weighted by molar-refractivity contribution is 7.92. The van der Waals surface area contributed by atoms with E-state index in [9.17, 15) is 13.2 Å². The number of fused-ring (bicyclic) bond motifs is 1. The minimum Gasteiger partial charge on any atom is -0.308 e. The van der Waals surface area contributed by atoms with Crippen molar-refractivity contribution in [2.24, 2.45) is 0 Å². The van der Waals surface area contributed by atoms with Crippen molar-refractivity contribution in [3.05, 3.63) is 82.9 Å². The molecule has 0 aliphatic rings. The molecule has 0 fully saturated rings. The number of nitrogens with one attached hydrogen (secondary N) is 1. The number of thiazole rings is 1. The first-order valence-electron chi connectivity index (χ1n) is 11.6. The van der Waals surface area contributed by atoms with Crippen LogP contribution in [0.4, 0.5) is 10.8 Å². The van der Waals surface area contributed by atoms with Gasteiger partial charge in [-0.25, -0.2) is 13.4 Å². The van der Waals surface area contributed by atoms with Gasteiger partial charge in [-0.05, 0) is 82.4 Å². The summed E-state index contributed by atoms with van der Waals surface area (Å²) in [4.78, 5) is 22.4. The molecule has 0 unspecified atom stereocenters. The quantitative estimate of drug-likeness (QED) is 0.302. The molecule has 0 bridgehead atoms. The van der Waals surface area contributed by atoms with Crippen LogP contribution >= 0.6 is 23.7 Å². The molecule has 1 aromatic heterocycles. The van der Waals surface area contributed by atoms with Crippen molar-refractivity contribution in [2.75, 3.05) is 36.8 Å². The van der Waals surface area contributed by atoms with Crippen molar-refractivity contribution in [1.29, 1.82) is 0 Å². The van der Waals surface area contributed by atoms with Crippen LogP contribution in [0, 0.1) is 20.8 Å². The highest BCUT2D eigenvalue weighted by Crippen LogP contribution is 2.32. The van der Waals surface area contributed by atoms with Crippen LogP contribution in [0.25, 0.3) is 10.2 Å². The van der Waals surface area contributed by atoms with Crippen molar-refractivity contribution < 1.29 is 13.2 Å². The van der Waals surface area contributed by atoms with E-state index in [0.717, 1.165) is 21.3 Å². The van der Waals surface area contributed by atoms with Crippen LogP contribution in [0.3, 0.4) is 0 Å². The van der Waals surface area contributed by atoms with Crippen molar-refractivity contribution in [3.63, 3.8) is 0 Å². The van der Waals surface area contributed by atoms with Gasteiger partial charge < -0.3 is 4.90 Å². The second-order valence-electron chi connectivity index (χ2n) is 9.12. The summed E-state index contributed by atoms with van der Waals surface area (Å²) in [6.07, 6.45) is 0. The van der Waals surface area contributed by atoms with Crippen molar-refractivity contribution in [1.82, 2.24) is 9.88 Å². The first kappa shape index (κ1) is 28.6. The third kappa shape index (κ3) is 6.48. The molecule has 0 saturated carbocycles. The normalized spacial score (nSPS) is 11.4. The predicted octanol–water partition coefficient (Wildman–Crippen LogP) is 5.65. The minimum absolute atomic E-state index is 0. The molecule has 196 valence electrons. The average Bonchev–Trinajstić information content (AvgIpc) is 3.21. The molecule has 1 amide bonds. The van der Waals surface area contributed by atoms with Gasteiger partial charge in [0, 0.05) is 13.1 Å². The van der Waals surface area contributed by atoms with Gasteiger partial charge >= 0.3 is 0 Å². The summed E-state index contributed by atoms with van der Waals surface area (Å²) in [7, 11) is 0.00948. The molecule has 1 heterocycles. The lowest BCUT2D eigenvalue weighted by Crippen LogP contribution is -2.37. The molecule has 0 radical (unpaired) electrons. The average molecular weight is 559 g/mol. The Balaban J connectivity index is 0.00000380. The van der Waals surface area contributed by atoms with Gasteiger partial charge in [0.05, 0.1) is 26.4 Å². The number of aryl methyl sites for hydroxylation is 3. The summed E-state index contributed by atoms with van der Waals surface area (Å²) in [5.74, 6) is -0.313. The maximum atomic E-state index is 13.9. The van der Waals surface area contributed by atoms with Crippen LogP contribution in [-0.4, -0.2) is 51.4 Å². The number of sulfonamides is 1. The number of rotatable bonds is 8. The smallest absolute Gasteiger partial charge is 0.262 e. The van der Waals surface area contributed by atoms with Gasteiger partial charge in [-0.2, -0.15) is 0 Å². The zero-order chi connectivity index (χ0) is 26.0. The van der Waals surface area contributed by atoms with Crippen LogP contribution < -0.4 is 9.62 Å². The van der Waals surface area contributed by atoms with Crippen LogP contribution in [0.15, 0.2) is 65.6 Å². The van der Waals surface area contributed by atoms with Gasteiger partial charge in [-0.3, -0.25) is 14.4 Å². The number of carbonyl (C=O) groups is 1. The second kappa shape index (κ2) is 11.6. The molecular formula is C27H31ClN4O3S2. The zero-order valence-electron chi connectivity index (χ0n) is 21.5. The summed E-state index contributed by atoms with van der Waals surface area (Å²) in [6, 6.07) is 17.4. The van der Waals surface area contributed by atoms with Gasteiger partial charge in [0.15, 0.2) is 5.13 Å². The number of halogens is 1. The Morgan fingerprint density at radius 3 is 2.27 bits per heavy atom. The Bertz CT molecular complexity index is 1480. The van der Waals surface area contributed by atoms with Crippen molar-refractivity contribution in [3.8, 4) is 0 Å². The van der Waals surface area contributed by atoms with E-state index < -0.39 is 10.0 Å². The van der Waals surface area contributed by atoms with E-state index in [2.05, 4.69) is 17.7 Å². The molecular weight excluding hydrogens is 528 g/mol. The fourth-order valence-corrected chi connectivity index (χ4v) is 5.84. The van der Waals surface area contributed by atoms with Crippen LogP contribution in [0.2, 0.25) is 0 Å². The lowest BCUT2D eigenvalue weighted by molar-refractivity contribution is 0.0986. The lowest BCUT2D eigenvalue weighted by Gasteiger charge is -2.23. The lowest BCUT2D eigenvalue weighted by atomic mass is 10.1. The molecule has 37 heavy (non-hydrogen) atoms. The van der Waals surface area contributed by atoms with E-state index in [1.807, 2.05) is 38.9 Å². The number of hydrogen-bond donors (Lipinski definition) is 1. The van der Waals surface area contributed by atoms with E-state index in [4.69, 9.17) is 4.98 Å². The Hall–Kier alpha value is -2.98. The molecule has 7 nitrogen and oxygen atoms in total. The Morgan fingerprint density at radius 1 is 0.946 bits per heavy atom. The molecule has 0 aliphatic carbocycles. The second-order valence-corrected chi connectivity index (χ2v) is 11.8. The highest BCUT2D eigenvalue weighted by Gasteiger charge is 2.25. The van der Waals surface area contributed by atoms with E-state index in [-0.39, 0.29) is 34.5 Å². The third-order valence-electron chi connectivity index (χ3n) is 5.97. The van der Waals surface area contributed by atoms with Crippen LogP contribution in [-0.2, 0) is 10.0 Å². The number of hydrogen-bond acceptors (Lipinski definition) is 6. The summed E-state index contributed by atoms with van der Waals surface area (Å²) in [6.45, 7) is 7.02. The van der Waals surface area contributed by atoms with Gasteiger partial charge in [-0.15, -0.1) is 12.4 Å². The molecule has 0 spiro atoms. The van der Waals surface area contributed by atoms with Crippen LogP contribution in [0.5, 0.6) is 0 Å². The number of benzene rings is 3. The molecule has 4 aromatic rings. The fraction of sp³-hybridized carbons (Fsp3) is 0.259. The number of nitrogens with zero attached hydrogens (tertiary/aromatic N) is 3. The molecule has 3 aromatic carbocycles. The third-order valence-corrected chi connectivity index (χ3v) is 8.40. The number of para-hydroxylation sites is 1. The molecule has 0 saturated heterocycles. The van der Waals surface area contributed by atoms with Gasteiger partial charge in [0.2, 0.25) is 0 Å². The fourth-order valence-electron chi connectivity index (χ4n) is 3.69. The summed E-state index contributed by atoms with van der Waals surface area (Å²) >= 11 is 1.46. The van der Waals surface area contributed by atoms with Gasteiger partial charge in [-0.1, -0.05) is 41.2 Å². The van der Waals surface area contributed by atoms with E-state index >= 15 is 0 Å². The maximum Gasteiger partial charge on any atom is 0.262 e. The van der Waals surface area contributed by atoms with Crippen molar-refractivity contribution >= 4 is 60.7 Å². The zero-order valence-corrected chi connectivity index (χ0v) is 23.9. The van der Waals surface area contributed by atoms with E-state index in [0.29, 0.717) is 18.2 Å². The Morgan fingerprint density at radius 2 is 1.59 bits per heavy atom. The maximum absolute atomic E-state index is 13.9. The molecule has 0 aliphatic heterocycles. The Labute approximate surface area is 228 Å². The highest BCUT2D eigenvalue weighted by atomic mass is 35.5. The van der Waals surface area contributed by atoms with Crippen LogP contribution in [0.1, 0.15) is 27.0 Å². The topological polar surface area (TPSA) is 82.6 Å². The summed E-state index contributed by atoms with van der Waals surface area (Å²) < 4.78 is 29.8. The van der Waals surface area contributed by atoms with E-state index in [1.165, 1.54) is 16.9 Å². The summed E-state index contributed by atoms with van der Waals surface area (Å²) in [5.41, 5.74) is 4.60. The van der Waals surface area contributed by atoms with Crippen molar-refractivity contribution in [2.45, 2.75) is 25.7 Å². The van der Waals surface area contributed by atoms with E-state index in [1.54, 1.807) is 53.4 Å². The van der Waals surface area contributed by atoms with Gasteiger partial charge in [0.25, 0.3) is 15.9 Å². The standard InChI is InChI=1S/C27H30N4O3S2.ClH/c1-18-10-12-21(13-11-18)36(33,34)29-23-9-7-6-8-22(23)26(32)31(15-14-30(4)5)27-28-24-16-19(2)20(3)17-25(24)35-27;/h6-13,16-17,29H,14-15H2,1-5H3;1H. The Kier molecular flexibility index (Phi) is 8.96. The summed E-state index contributed by atoms with van der Waals surface area (Å²) in [5, 5.41) is 0.582. The SMILES string of the molecule is Cc1ccc(S(=O)(=O)Nc2ccccc2C(=O)N(CCN(C)C)c2nc3cc(C)c(C)cc3s2)cc1.Cl.